The van der Waals surface area contributed by atoms with Gasteiger partial charge in [-0.25, -0.2) is 13.2 Å². The van der Waals surface area contributed by atoms with Gasteiger partial charge in [0, 0.05) is 0 Å². The molecule has 0 aliphatic carbocycles. The summed E-state index contributed by atoms with van der Waals surface area (Å²) in [5, 5.41) is 2.57. The quantitative estimate of drug-likeness (QED) is 0.851. The minimum absolute atomic E-state index is 0.284. The molecule has 1 heterocycles. The van der Waals surface area contributed by atoms with Crippen LogP contribution in [0.15, 0.2) is 12.1 Å². The molecular weight excluding hydrogens is 285 g/mol. The zero-order valence-corrected chi connectivity index (χ0v) is 11.8. The number of hydrogen-bond donors (Lipinski definition) is 1. The van der Waals surface area contributed by atoms with Crippen LogP contribution in [-0.4, -0.2) is 23.4 Å². The normalized spacial score (nSPS) is 26.0. The highest BCUT2D eigenvalue weighted by Crippen LogP contribution is 2.30. The zero-order valence-electron chi connectivity index (χ0n) is 11.8. The molecule has 2 amide bonds. The first-order valence-corrected chi connectivity index (χ1v) is 6.52. The van der Waals surface area contributed by atoms with Gasteiger partial charge in [0.15, 0.2) is 17.5 Å². The number of amides is 2. The van der Waals surface area contributed by atoms with E-state index in [9.17, 15) is 22.8 Å². The lowest BCUT2D eigenvalue weighted by atomic mass is 9.91. The molecule has 1 aromatic carbocycles. The fourth-order valence-electron chi connectivity index (χ4n) is 2.25. The summed E-state index contributed by atoms with van der Waals surface area (Å²) in [7, 11) is 0. The second kappa shape index (κ2) is 5.05. The third-order valence-electron chi connectivity index (χ3n) is 3.84. The van der Waals surface area contributed by atoms with E-state index in [1.165, 1.54) is 13.8 Å². The second-order valence-electron chi connectivity index (χ2n) is 5.22. The van der Waals surface area contributed by atoms with Gasteiger partial charge in [-0.2, -0.15) is 0 Å². The van der Waals surface area contributed by atoms with Gasteiger partial charge < -0.3 is 5.32 Å². The lowest BCUT2D eigenvalue weighted by Gasteiger charge is -2.42. The summed E-state index contributed by atoms with van der Waals surface area (Å²) in [5.74, 6) is -5.55. The summed E-state index contributed by atoms with van der Waals surface area (Å²) >= 11 is 0. The molecule has 114 valence electrons. The van der Waals surface area contributed by atoms with Crippen molar-refractivity contribution in [1.29, 1.82) is 0 Å². The number of carbonyl (C=O) groups is 2. The molecule has 1 aliphatic heterocycles. The summed E-state index contributed by atoms with van der Waals surface area (Å²) in [5.41, 5.74) is -1.65. The van der Waals surface area contributed by atoms with Gasteiger partial charge >= 0.3 is 0 Å². The third kappa shape index (κ3) is 2.26. The van der Waals surface area contributed by atoms with E-state index in [4.69, 9.17) is 0 Å². The molecule has 1 N–H and O–H groups in total. The highest BCUT2D eigenvalue weighted by molar-refractivity contribution is 6.10. The molecule has 1 aliphatic rings. The van der Waals surface area contributed by atoms with E-state index in [1.807, 2.05) is 0 Å². The van der Waals surface area contributed by atoms with Crippen molar-refractivity contribution in [1.82, 2.24) is 5.32 Å². The number of benzene rings is 1. The van der Waals surface area contributed by atoms with Gasteiger partial charge in [-0.3, -0.25) is 14.5 Å². The summed E-state index contributed by atoms with van der Waals surface area (Å²) in [6.45, 7) is 4.58. The van der Waals surface area contributed by atoms with E-state index in [-0.39, 0.29) is 6.42 Å². The number of halogens is 3. The maximum absolute atomic E-state index is 13.9. The lowest BCUT2D eigenvalue weighted by Crippen LogP contribution is -2.68. The van der Waals surface area contributed by atoms with Crippen molar-refractivity contribution in [2.45, 2.75) is 38.8 Å². The summed E-state index contributed by atoms with van der Waals surface area (Å²) in [6.07, 6.45) is 0.284. The zero-order chi connectivity index (χ0) is 15.9. The first-order chi connectivity index (χ1) is 9.73. The number of carbonyl (C=O) groups excluding carboxylic acids is 2. The van der Waals surface area contributed by atoms with E-state index < -0.39 is 46.5 Å². The van der Waals surface area contributed by atoms with Gasteiger partial charge in [0.1, 0.15) is 11.6 Å². The maximum atomic E-state index is 13.9. The van der Waals surface area contributed by atoms with Crippen LogP contribution in [0.1, 0.15) is 27.2 Å². The average Bonchev–Trinajstić information content (AvgIpc) is 2.45. The predicted molar refractivity (Wildman–Crippen MR) is 70.1 cm³/mol. The molecule has 0 saturated carbocycles. The predicted octanol–water partition coefficient (Wildman–Crippen LogP) is 2.12. The molecule has 2 atom stereocenters. The Labute approximate surface area is 119 Å². The van der Waals surface area contributed by atoms with Crippen LogP contribution in [0.2, 0.25) is 0 Å². The summed E-state index contributed by atoms with van der Waals surface area (Å²) < 4.78 is 40.3. The number of piperazine rings is 1. The fourth-order valence-corrected chi connectivity index (χ4v) is 2.25. The fraction of sp³-hybridized carbons (Fsp3) is 0.429. The van der Waals surface area contributed by atoms with Crippen molar-refractivity contribution < 1.29 is 22.8 Å². The first kappa shape index (κ1) is 15.3. The van der Waals surface area contributed by atoms with Crippen molar-refractivity contribution in [2.24, 2.45) is 0 Å². The molecular formula is C14H15F3N2O2. The van der Waals surface area contributed by atoms with E-state index in [0.717, 1.165) is 17.0 Å². The van der Waals surface area contributed by atoms with Crippen molar-refractivity contribution >= 4 is 17.5 Å². The minimum atomic E-state index is -1.67. The highest BCUT2D eigenvalue weighted by atomic mass is 19.2. The van der Waals surface area contributed by atoms with Crippen LogP contribution in [-0.2, 0) is 9.59 Å². The lowest BCUT2D eigenvalue weighted by molar-refractivity contribution is -0.137. The molecule has 2 unspecified atom stereocenters. The Morgan fingerprint density at radius 1 is 1.24 bits per heavy atom. The van der Waals surface area contributed by atoms with Crippen LogP contribution in [0.25, 0.3) is 0 Å². The Balaban J connectivity index is 2.57. The van der Waals surface area contributed by atoms with E-state index in [2.05, 4.69) is 5.32 Å². The number of hydrogen-bond acceptors (Lipinski definition) is 2. The maximum Gasteiger partial charge on any atom is 0.253 e. The Morgan fingerprint density at radius 3 is 2.43 bits per heavy atom. The van der Waals surface area contributed by atoms with Gasteiger partial charge in [0.25, 0.3) is 5.91 Å². The Morgan fingerprint density at radius 2 is 1.86 bits per heavy atom. The molecule has 0 spiro atoms. The Hall–Kier alpha value is -2.05. The summed E-state index contributed by atoms with van der Waals surface area (Å²) in [6, 6.07) is 0.664. The Kier molecular flexibility index (Phi) is 3.69. The van der Waals surface area contributed by atoms with Crippen molar-refractivity contribution in [2.75, 3.05) is 4.90 Å². The van der Waals surface area contributed by atoms with Gasteiger partial charge in [-0.15, -0.1) is 0 Å². The van der Waals surface area contributed by atoms with Crippen molar-refractivity contribution in [3.63, 3.8) is 0 Å². The van der Waals surface area contributed by atoms with Crippen LogP contribution in [0, 0.1) is 17.5 Å². The number of anilines is 1. The molecule has 7 heteroatoms. The molecule has 4 nitrogen and oxygen atoms in total. The van der Waals surface area contributed by atoms with Crippen LogP contribution < -0.4 is 10.2 Å². The molecule has 1 fully saturated rings. The molecule has 0 aromatic heterocycles. The molecule has 1 aromatic rings. The smallest absolute Gasteiger partial charge is 0.253 e. The SMILES string of the molecule is CCC1(C)NC(=O)C(C)N(c2ccc(F)c(F)c2F)C1=O. The van der Waals surface area contributed by atoms with Gasteiger partial charge in [-0.1, -0.05) is 6.92 Å². The van der Waals surface area contributed by atoms with Crippen LogP contribution >= 0.6 is 0 Å². The molecule has 2 rings (SSSR count). The van der Waals surface area contributed by atoms with Gasteiger partial charge in [-0.05, 0) is 32.4 Å². The van der Waals surface area contributed by atoms with Gasteiger partial charge in [0.2, 0.25) is 5.91 Å². The largest absolute Gasteiger partial charge is 0.340 e. The second-order valence-corrected chi connectivity index (χ2v) is 5.22. The highest BCUT2D eigenvalue weighted by Gasteiger charge is 2.47. The van der Waals surface area contributed by atoms with Crippen LogP contribution in [0.4, 0.5) is 18.9 Å². The third-order valence-corrected chi connectivity index (χ3v) is 3.84. The molecule has 21 heavy (non-hydrogen) atoms. The minimum Gasteiger partial charge on any atom is -0.340 e. The molecule has 0 radical (unpaired) electrons. The van der Waals surface area contributed by atoms with Crippen LogP contribution in [0.3, 0.4) is 0 Å². The van der Waals surface area contributed by atoms with Crippen molar-refractivity contribution in [3.05, 3.63) is 29.6 Å². The van der Waals surface area contributed by atoms with Crippen molar-refractivity contribution in [3.8, 4) is 0 Å². The van der Waals surface area contributed by atoms with Gasteiger partial charge in [0.05, 0.1) is 5.69 Å². The van der Waals surface area contributed by atoms with Crippen LogP contribution in [0.5, 0.6) is 0 Å². The first-order valence-electron chi connectivity index (χ1n) is 6.52. The monoisotopic (exact) mass is 300 g/mol. The van der Waals surface area contributed by atoms with E-state index >= 15 is 0 Å². The Bertz CT molecular complexity index is 620. The molecule has 1 saturated heterocycles. The average molecular weight is 300 g/mol. The standard InChI is InChI=1S/C14H15F3N2O2/c1-4-14(3)13(21)19(7(2)12(20)18-14)9-6-5-8(15)10(16)11(9)17/h5-7H,4H2,1-3H3,(H,18,20). The number of rotatable bonds is 2. The number of nitrogens with one attached hydrogen (secondary N) is 1. The van der Waals surface area contributed by atoms with E-state index in [1.54, 1.807) is 6.92 Å². The summed E-state index contributed by atoms with van der Waals surface area (Å²) in [4.78, 5) is 25.4. The number of nitrogens with zero attached hydrogens (tertiary/aromatic N) is 1. The molecule has 0 bridgehead atoms. The van der Waals surface area contributed by atoms with E-state index in [0.29, 0.717) is 0 Å². The topological polar surface area (TPSA) is 49.4 Å².